The average molecular weight is 480 g/mol. The van der Waals surface area contributed by atoms with E-state index in [0.717, 1.165) is 68.2 Å². The van der Waals surface area contributed by atoms with Gasteiger partial charge in [-0.1, -0.05) is 20.8 Å². The third-order valence-electron chi connectivity index (χ3n) is 7.04. The Kier molecular flexibility index (Phi) is 6.77. The first-order valence-electron chi connectivity index (χ1n) is 12.8. The number of morpholine rings is 1. The topological polar surface area (TPSA) is 80.7 Å². The molecule has 2 aromatic rings. The Bertz CT molecular complexity index is 1080. The van der Waals surface area contributed by atoms with Crippen LogP contribution in [0.5, 0.6) is 5.75 Å². The number of nitrogens with zero attached hydrogens (tertiary/aromatic N) is 5. The highest BCUT2D eigenvalue weighted by molar-refractivity contribution is 5.84. The minimum absolute atomic E-state index is 0.0246. The van der Waals surface area contributed by atoms with Gasteiger partial charge >= 0.3 is 0 Å². The van der Waals surface area contributed by atoms with Crippen molar-refractivity contribution in [2.24, 2.45) is 5.41 Å². The number of carbonyl (C=O) groups excluding carboxylic acids is 1. The Morgan fingerprint density at radius 2 is 2.14 bits per heavy atom. The van der Waals surface area contributed by atoms with E-state index in [1.807, 2.05) is 24.1 Å². The number of likely N-dealkylation sites (N-methyl/N-ethyl adjacent to an activating group) is 1. The number of likely N-dealkylation sites (tertiary alicyclic amines) is 1. The SMILES string of the molecule is CN(CC(=O)CC(C)(C)C)c1nc(-c2cc(OCCN3C[C@@H]4C[C@H]3CO4)ccn2)nc2c1CCC2. The molecule has 188 valence electrons. The lowest BCUT2D eigenvalue weighted by molar-refractivity contribution is -0.119. The van der Waals surface area contributed by atoms with E-state index >= 15 is 0 Å². The van der Waals surface area contributed by atoms with Crippen molar-refractivity contribution in [1.82, 2.24) is 19.9 Å². The zero-order valence-electron chi connectivity index (χ0n) is 21.4. The van der Waals surface area contributed by atoms with Crippen molar-refractivity contribution in [3.63, 3.8) is 0 Å². The summed E-state index contributed by atoms with van der Waals surface area (Å²) < 4.78 is 11.8. The van der Waals surface area contributed by atoms with Crippen molar-refractivity contribution in [2.75, 3.05) is 44.8 Å². The maximum atomic E-state index is 12.7. The Hall–Kier alpha value is -2.58. The van der Waals surface area contributed by atoms with Gasteiger partial charge in [-0.3, -0.25) is 14.7 Å². The van der Waals surface area contributed by atoms with Crippen LogP contribution in [0.1, 0.15) is 51.3 Å². The Morgan fingerprint density at radius 3 is 2.89 bits per heavy atom. The van der Waals surface area contributed by atoms with Crippen LogP contribution in [0.25, 0.3) is 11.5 Å². The van der Waals surface area contributed by atoms with Crippen molar-refractivity contribution in [3.05, 3.63) is 29.6 Å². The number of fused-ring (bicyclic) bond motifs is 3. The predicted octanol–water partition coefficient (Wildman–Crippen LogP) is 3.32. The quantitative estimate of drug-likeness (QED) is 0.542. The van der Waals surface area contributed by atoms with Gasteiger partial charge in [0.25, 0.3) is 0 Å². The van der Waals surface area contributed by atoms with Gasteiger partial charge in [0.05, 0.1) is 19.3 Å². The van der Waals surface area contributed by atoms with Crippen LogP contribution in [0.3, 0.4) is 0 Å². The van der Waals surface area contributed by atoms with E-state index in [-0.39, 0.29) is 11.2 Å². The fourth-order valence-electron chi connectivity index (χ4n) is 5.49. The van der Waals surface area contributed by atoms with Crippen LogP contribution in [-0.2, 0) is 22.4 Å². The molecule has 2 saturated heterocycles. The number of hydrogen-bond acceptors (Lipinski definition) is 8. The lowest BCUT2D eigenvalue weighted by Gasteiger charge is -2.26. The molecule has 4 heterocycles. The molecule has 0 spiro atoms. The van der Waals surface area contributed by atoms with Crippen molar-refractivity contribution in [1.29, 1.82) is 0 Å². The van der Waals surface area contributed by atoms with E-state index in [1.54, 1.807) is 6.20 Å². The van der Waals surface area contributed by atoms with Crippen molar-refractivity contribution in [2.45, 2.75) is 65.0 Å². The standard InChI is InChI=1S/C27H37N5O3/c1-27(2,3)14-19(33)15-31(4)26-22-6-5-7-23(22)29-25(30-26)24-13-20(8-9-28-24)34-11-10-32-16-21-12-18(32)17-35-21/h8-9,13,18,21H,5-7,10-12,14-17H2,1-4H3/t18-,21-/m0/s1. The lowest BCUT2D eigenvalue weighted by atomic mass is 9.90. The molecule has 3 aliphatic rings. The Labute approximate surface area is 208 Å². The zero-order chi connectivity index (χ0) is 24.6. The van der Waals surface area contributed by atoms with Gasteiger partial charge in [-0.05, 0) is 37.2 Å². The van der Waals surface area contributed by atoms with Crippen LogP contribution in [0, 0.1) is 5.41 Å². The monoisotopic (exact) mass is 479 g/mol. The molecule has 0 unspecified atom stereocenters. The minimum atomic E-state index is -0.0246. The number of Topliss-reactive ketones (excluding diaryl/α,β-unsaturated/α-hetero) is 1. The molecule has 2 fully saturated rings. The van der Waals surface area contributed by atoms with E-state index < -0.39 is 0 Å². The molecule has 5 rings (SSSR count). The smallest absolute Gasteiger partial charge is 0.180 e. The summed E-state index contributed by atoms with van der Waals surface area (Å²) in [6.07, 6.45) is 6.79. The zero-order valence-corrected chi connectivity index (χ0v) is 21.4. The van der Waals surface area contributed by atoms with Crippen molar-refractivity contribution < 1.29 is 14.3 Å². The van der Waals surface area contributed by atoms with Gasteiger partial charge in [-0.2, -0.15) is 0 Å². The minimum Gasteiger partial charge on any atom is -0.492 e. The van der Waals surface area contributed by atoms with Gasteiger partial charge in [0.2, 0.25) is 0 Å². The molecule has 2 bridgehead atoms. The van der Waals surface area contributed by atoms with Crippen LogP contribution < -0.4 is 9.64 Å². The highest BCUT2D eigenvalue weighted by Crippen LogP contribution is 2.32. The van der Waals surface area contributed by atoms with Gasteiger partial charge in [-0.25, -0.2) is 9.97 Å². The largest absolute Gasteiger partial charge is 0.492 e. The van der Waals surface area contributed by atoms with Gasteiger partial charge < -0.3 is 14.4 Å². The summed E-state index contributed by atoms with van der Waals surface area (Å²) >= 11 is 0. The maximum absolute atomic E-state index is 12.7. The third-order valence-corrected chi connectivity index (χ3v) is 7.04. The van der Waals surface area contributed by atoms with E-state index in [4.69, 9.17) is 19.4 Å². The van der Waals surface area contributed by atoms with Crippen LogP contribution in [-0.4, -0.2) is 77.7 Å². The molecule has 0 saturated carbocycles. The van der Waals surface area contributed by atoms with E-state index in [1.165, 1.54) is 0 Å². The predicted molar refractivity (Wildman–Crippen MR) is 135 cm³/mol. The number of aromatic nitrogens is 3. The fourth-order valence-corrected chi connectivity index (χ4v) is 5.49. The van der Waals surface area contributed by atoms with Gasteiger partial charge in [0.1, 0.15) is 23.9 Å². The van der Waals surface area contributed by atoms with Crippen LogP contribution in [0.15, 0.2) is 18.3 Å². The van der Waals surface area contributed by atoms with Crippen LogP contribution in [0.4, 0.5) is 5.82 Å². The summed E-state index contributed by atoms with van der Waals surface area (Å²) in [5.74, 6) is 2.44. The summed E-state index contributed by atoms with van der Waals surface area (Å²) in [6.45, 7) is 10.0. The van der Waals surface area contributed by atoms with Gasteiger partial charge in [0.15, 0.2) is 11.6 Å². The number of aryl methyl sites for hydroxylation is 1. The van der Waals surface area contributed by atoms with Gasteiger partial charge in [-0.15, -0.1) is 0 Å². The second-order valence-electron chi connectivity index (χ2n) is 11.3. The number of hydrogen-bond donors (Lipinski definition) is 0. The Morgan fingerprint density at radius 1 is 1.29 bits per heavy atom. The summed E-state index contributed by atoms with van der Waals surface area (Å²) in [7, 11) is 1.95. The Balaban J connectivity index is 1.29. The molecule has 8 nitrogen and oxygen atoms in total. The average Bonchev–Trinajstić information content (AvgIpc) is 3.54. The molecular weight excluding hydrogens is 442 g/mol. The normalized spacial score (nSPS) is 21.4. The number of ether oxygens (including phenoxy) is 2. The number of anilines is 1. The molecule has 1 aliphatic carbocycles. The molecular formula is C27H37N5O3. The number of rotatable bonds is 9. The third kappa shape index (κ3) is 5.64. The van der Waals surface area contributed by atoms with Crippen LogP contribution >= 0.6 is 0 Å². The van der Waals surface area contributed by atoms with Crippen molar-refractivity contribution >= 4 is 11.6 Å². The van der Waals surface area contributed by atoms with Crippen LogP contribution in [0.2, 0.25) is 0 Å². The summed E-state index contributed by atoms with van der Waals surface area (Å²) in [5.41, 5.74) is 2.90. The summed E-state index contributed by atoms with van der Waals surface area (Å²) in [4.78, 5) is 31.4. The van der Waals surface area contributed by atoms with E-state index in [0.29, 0.717) is 43.2 Å². The maximum Gasteiger partial charge on any atom is 0.180 e. The number of ketones is 1. The molecule has 2 atom stereocenters. The molecule has 0 amide bonds. The molecule has 2 aromatic heterocycles. The number of pyridine rings is 1. The molecule has 35 heavy (non-hydrogen) atoms. The van der Waals surface area contributed by atoms with E-state index in [2.05, 4.69) is 30.7 Å². The summed E-state index contributed by atoms with van der Waals surface area (Å²) in [5, 5.41) is 0. The fraction of sp³-hybridized carbons (Fsp3) is 0.630. The second-order valence-corrected chi connectivity index (χ2v) is 11.3. The molecule has 0 aromatic carbocycles. The van der Waals surface area contributed by atoms with Crippen molar-refractivity contribution in [3.8, 4) is 17.3 Å². The molecule has 8 heteroatoms. The van der Waals surface area contributed by atoms with Gasteiger partial charge in [0, 0.05) is 56.1 Å². The highest BCUT2D eigenvalue weighted by atomic mass is 16.5. The van der Waals surface area contributed by atoms with E-state index in [9.17, 15) is 4.79 Å². The lowest BCUT2D eigenvalue weighted by Crippen LogP contribution is -2.39. The summed E-state index contributed by atoms with van der Waals surface area (Å²) in [6, 6.07) is 4.35. The second kappa shape index (κ2) is 9.82. The highest BCUT2D eigenvalue weighted by Gasteiger charge is 2.38. The molecule has 0 radical (unpaired) electrons. The first-order valence-corrected chi connectivity index (χ1v) is 12.8. The first kappa shape index (κ1) is 24.1. The molecule has 0 N–H and O–H groups in total. The molecule has 2 aliphatic heterocycles. The number of carbonyl (C=O) groups is 1. The first-order chi connectivity index (χ1) is 16.7.